The van der Waals surface area contributed by atoms with E-state index in [0.29, 0.717) is 6.04 Å². The second-order valence-electron chi connectivity index (χ2n) is 4.89. The molecule has 0 aliphatic carbocycles. The van der Waals surface area contributed by atoms with Gasteiger partial charge in [0, 0.05) is 31.5 Å². The van der Waals surface area contributed by atoms with E-state index in [1.807, 2.05) is 18.5 Å². The maximum Gasteiger partial charge on any atom is 0.0312 e. The van der Waals surface area contributed by atoms with Crippen LogP contribution in [0.15, 0.2) is 24.5 Å². The van der Waals surface area contributed by atoms with Crippen LogP contribution in [0.1, 0.15) is 31.7 Å². The Labute approximate surface area is 104 Å². The van der Waals surface area contributed by atoms with Gasteiger partial charge in [-0.3, -0.25) is 9.88 Å². The summed E-state index contributed by atoms with van der Waals surface area (Å²) in [5, 5.41) is 3.57. The van der Waals surface area contributed by atoms with Gasteiger partial charge in [0.1, 0.15) is 0 Å². The summed E-state index contributed by atoms with van der Waals surface area (Å²) in [6.07, 6.45) is 7.69. The summed E-state index contributed by atoms with van der Waals surface area (Å²) in [5.41, 5.74) is 1.32. The molecule has 1 saturated heterocycles. The third-order valence-electron chi connectivity index (χ3n) is 3.31. The van der Waals surface area contributed by atoms with Crippen LogP contribution < -0.4 is 5.32 Å². The summed E-state index contributed by atoms with van der Waals surface area (Å²) in [6.45, 7) is 6.81. The first-order valence-corrected chi connectivity index (χ1v) is 6.73. The van der Waals surface area contributed by atoms with E-state index in [1.54, 1.807) is 0 Å². The smallest absolute Gasteiger partial charge is 0.0312 e. The van der Waals surface area contributed by atoms with Gasteiger partial charge in [-0.15, -0.1) is 0 Å². The fourth-order valence-electron chi connectivity index (χ4n) is 2.53. The van der Waals surface area contributed by atoms with Crippen molar-refractivity contribution in [2.45, 2.75) is 38.8 Å². The lowest BCUT2D eigenvalue weighted by Crippen LogP contribution is -2.37. The number of aromatic nitrogens is 1. The van der Waals surface area contributed by atoms with Crippen LogP contribution in [-0.4, -0.2) is 35.6 Å². The molecule has 0 amide bonds. The summed E-state index contributed by atoms with van der Waals surface area (Å²) in [7, 11) is 0. The molecule has 1 aromatic heterocycles. The number of nitrogens with zero attached hydrogens (tertiary/aromatic N) is 2. The Morgan fingerprint density at radius 1 is 1.53 bits per heavy atom. The molecule has 94 valence electrons. The Hall–Kier alpha value is -0.930. The first-order chi connectivity index (χ1) is 8.38. The number of hydrogen-bond donors (Lipinski definition) is 1. The van der Waals surface area contributed by atoms with Crippen LogP contribution in [0.25, 0.3) is 0 Å². The lowest BCUT2D eigenvalue weighted by molar-refractivity contribution is 0.241. The summed E-state index contributed by atoms with van der Waals surface area (Å²) in [4.78, 5) is 6.73. The fraction of sp³-hybridized carbons (Fsp3) is 0.643. The van der Waals surface area contributed by atoms with Gasteiger partial charge in [0.2, 0.25) is 0 Å². The Morgan fingerprint density at radius 2 is 2.47 bits per heavy atom. The lowest BCUT2D eigenvalue weighted by Gasteiger charge is -2.25. The van der Waals surface area contributed by atoms with Crippen molar-refractivity contribution >= 4 is 0 Å². The highest BCUT2D eigenvalue weighted by Gasteiger charge is 2.17. The third kappa shape index (κ3) is 4.10. The molecule has 0 saturated carbocycles. The van der Waals surface area contributed by atoms with E-state index in [9.17, 15) is 0 Å². The number of rotatable bonds is 6. The number of pyridine rings is 1. The molecule has 1 aliphatic heterocycles. The second-order valence-corrected chi connectivity index (χ2v) is 4.89. The normalized spacial score (nSPS) is 20.0. The number of hydrogen-bond acceptors (Lipinski definition) is 3. The molecule has 1 fully saturated rings. The van der Waals surface area contributed by atoms with Crippen LogP contribution in [-0.2, 0) is 6.54 Å². The Kier molecular flexibility index (Phi) is 4.95. The number of nitrogens with one attached hydrogen (secondary N) is 1. The van der Waals surface area contributed by atoms with E-state index in [4.69, 9.17) is 0 Å². The van der Waals surface area contributed by atoms with Crippen molar-refractivity contribution in [2.24, 2.45) is 0 Å². The molecule has 3 heteroatoms. The Balaban J connectivity index is 1.87. The van der Waals surface area contributed by atoms with Crippen LogP contribution in [0, 0.1) is 0 Å². The van der Waals surface area contributed by atoms with Gasteiger partial charge >= 0.3 is 0 Å². The molecule has 1 atom stereocenters. The van der Waals surface area contributed by atoms with Gasteiger partial charge in [0.05, 0.1) is 0 Å². The molecule has 1 aliphatic rings. The van der Waals surface area contributed by atoms with Gasteiger partial charge in [0.25, 0.3) is 0 Å². The zero-order valence-electron chi connectivity index (χ0n) is 10.7. The Bertz CT molecular complexity index is 307. The fourth-order valence-corrected chi connectivity index (χ4v) is 2.53. The van der Waals surface area contributed by atoms with Crippen LogP contribution in [0.5, 0.6) is 0 Å². The second kappa shape index (κ2) is 6.72. The van der Waals surface area contributed by atoms with Crippen LogP contribution in [0.2, 0.25) is 0 Å². The van der Waals surface area contributed by atoms with Gasteiger partial charge in [-0.2, -0.15) is 0 Å². The molecule has 1 N–H and O–H groups in total. The van der Waals surface area contributed by atoms with Gasteiger partial charge in [-0.25, -0.2) is 0 Å². The topological polar surface area (TPSA) is 28.2 Å². The molecule has 3 nitrogen and oxygen atoms in total. The van der Waals surface area contributed by atoms with E-state index in [0.717, 1.165) is 6.54 Å². The van der Waals surface area contributed by atoms with Crippen molar-refractivity contribution < 1.29 is 0 Å². The molecule has 0 aromatic carbocycles. The van der Waals surface area contributed by atoms with Gasteiger partial charge in [0.15, 0.2) is 0 Å². The summed E-state index contributed by atoms with van der Waals surface area (Å²) < 4.78 is 0. The van der Waals surface area contributed by atoms with Crippen molar-refractivity contribution in [1.82, 2.24) is 15.2 Å². The molecule has 1 unspecified atom stereocenters. The predicted molar refractivity (Wildman–Crippen MR) is 70.8 cm³/mol. The minimum absolute atomic E-state index is 0.693. The van der Waals surface area contributed by atoms with E-state index >= 15 is 0 Å². The monoisotopic (exact) mass is 233 g/mol. The van der Waals surface area contributed by atoms with Crippen LogP contribution in [0.4, 0.5) is 0 Å². The zero-order chi connectivity index (χ0) is 11.9. The molecule has 2 rings (SSSR count). The van der Waals surface area contributed by atoms with Crippen molar-refractivity contribution in [3.63, 3.8) is 0 Å². The van der Waals surface area contributed by atoms with Gasteiger partial charge in [-0.05, 0) is 44.0 Å². The SMILES string of the molecule is CCCN(Cc1cccnc1)CC1CCCN1. The minimum Gasteiger partial charge on any atom is -0.313 e. The average molecular weight is 233 g/mol. The van der Waals surface area contributed by atoms with E-state index < -0.39 is 0 Å². The maximum atomic E-state index is 4.19. The zero-order valence-corrected chi connectivity index (χ0v) is 10.7. The molecule has 0 spiro atoms. The molecule has 17 heavy (non-hydrogen) atoms. The van der Waals surface area contributed by atoms with E-state index in [-0.39, 0.29) is 0 Å². The molecule has 2 heterocycles. The largest absolute Gasteiger partial charge is 0.313 e. The summed E-state index contributed by atoms with van der Waals surface area (Å²) in [5.74, 6) is 0. The van der Waals surface area contributed by atoms with Crippen LogP contribution in [0.3, 0.4) is 0 Å². The average Bonchev–Trinajstić information content (AvgIpc) is 2.83. The molecule has 0 bridgehead atoms. The highest BCUT2D eigenvalue weighted by atomic mass is 15.1. The molecule has 0 radical (unpaired) electrons. The van der Waals surface area contributed by atoms with Crippen LogP contribution >= 0.6 is 0 Å². The van der Waals surface area contributed by atoms with E-state index in [2.05, 4.69) is 28.2 Å². The quantitative estimate of drug-likeness (QED) is 0.815. The first-order valence-electron chi connectivity index (χ1n) is 6.73. The van der Waals surface area contributed by atoms with E-state index in [1.165, 1.54) is 44.5 Å². The summed E-state index contributed by atoms with van der Waals surface area (Å²) >= 11 is 0. The minimum atomic E-state index is 0.693. The van der Waals surface area contributed by atoms with Crippen molar-refractivity contribution in [3.05, 3.63) is 30.1 Å². The maximum absolute atomic E-state index is 4.19. The van der Waals surface area contributed by atoms with Crippen molar-refractivity contribution in [2.75, 3.05) is 19.6 Å². The highest BCUT2D eigenvalue weighted by molar-refractivity contribution is 5.08. The van der Waals surface area contributed by atoms with Gasteiger partial charge in [-0.1, -0.05) is 13.0 Å². The third-order valence-corrected chi connectivity index (χ3v) is 3.31. The molecule has 1 aromatic rings. The lowest BCUT2D eigenvalue weighted by atomic mass is 10.2. The first kappa shape index (κ1) is 12.5. The van der Waals surface area contributed by atoms with Crippen molar-refractivity contribution in [1.29, 1.82) is 0 Å². The predicted octanol–water partition coefficient (Wildman–Crippen LogP) is 2.05. The summed E-state index contributed by atoms with van der Waals surface area (Å²) in [6, 6.07) is 4.88. The van der Waals surface area contributed by atoms with Gasteiger partial charge < -0.3 is 5.32 Å². The molecular weight excluding hydrogens is 210 g/mol. The standard InChI is InChI=1S/C14H23N3/c1-2-9-17(12-14-6-4-8-16-14)11-13-5-3-7-15-10-13/h3,5,7,10,14,16H,2,4,6,8-9,11-12H2,1H3. The van der Waals surface area contributed by atoms with Crippen molar-refractivity contribution in [3.8, 4) is 0 Å². The highest BCUT2D eigenvalue weighted by Crippen LogP contribution is 2.10. The Morgan fingerprint density at radius 3 is 3.12 bits per heavy atom. The molecular formula is C14H23N3.